The number of nitrogens with one attached hydrogen (secondary N) is 1. The van der Waals surface area contributed by atoms with Crippen LogP contribution >= 0.6 is 11.6 Å². The third-order valence-electron chi connectivity index (χ3n) is 4.34. The molecule has 1 aliphatic carbocycles. The van der Waals surface area contributed by atoms with Crippen molar-refractivity contribution in [3.63, 3.8) is 0 Å². The molecule has 19 heavy (non-hydrogen) atoms. The number of hydrogen-bond acceptors (Lipinski definition) is 1. The summed E-state index contributed by atoms with van der Waals surface area (Å²) in [6.07, 6.45) is 6.57. The van der Waals surface area contributed by atoms with Crippen molar-refractivity contribution >= 4 is 11.6 Å². The van der Waals surface area contributed by atoms with E-state index >= 15 is 0 Å². The van der Waals surface area contributed by atoms with Gasteiger partial charge >= 0.3 is 0 Å². The fraction of sp³-hybridized carbons (Fsp3) is 0.647. The zero-order valence-electron chi connectivity index (χ0n) is 12.2. The quantitative estimate of drug-likeness (QED) is 0.706. The Bertz CT molecular complexity index is 365. The largest absolute Gasteiger partial charge is 0.313 e. The average Bonchev–Trinajstić information content (AvgIpc) is 3.25. The molecule has 1 atom stereocenters. The second kappa shape index (κ2) is 7.31. The van der Waals surface area contributed by atoms with Gasteiger partial charge in [0.1, 0.15) is 0 Å². The molecular weight excluding hydrogens is 254 g/mol. The number of halogens is 1. The zero-order valence-corrected chi connectivity index (χ0v) is 12.9. The molecule has 2 rings (SSSR count). The predicted octanol–water partition coefficient (Wildman–Crippen LogP) is 5.00. The van der Waals surface area contributed by atoms with Gasteiger partial charge in [-0.3, -0.25) is 0 Å². The first kappa shape index (κ1) is 14.9. The molecule has 106 valence electrons. The van der Waals surface area contributed by atoms with Crippen LogP contribution in [0.15, 0.2) is 24.3 Å². The highest BCUT2D eigenvalue weighted by Crippen LogP contribution is 2.29. The van der Waals surface area contributed by atoms with E-state index in [-0.39, 0.29) is 0 Å². The minimum absolute atomic E-state index is 0.628. The van der Waals surface area contributed by atoms with Crippen LogP contribution in [0.3, 0.4) is 0 Å². The highest BCUT2D eigenvalue weighted by molar-refractivity contribution is 6.30. The van der Waals surface area contributed by atoms with E-state index in [4.69, 9.17) is 11.6 Å². The number of hydrogen-bond donors (Lipinski definition) is 1. The standard InChI is InChI=1S/C17H26ClN/c1-3-13(4-2)11-15(12-19-17-9-10-17)14-5-7-16(18)8-6-14/h5-8,13,15,17,19H,3-4,9-12H2,1-2H3. The number of rotatable bonds is 8. The monoisotopic (exact) mass is 279 g/mol. The van der Waals surface area contributed by atoms with Gasteiger partial charge in [-0.1, -0.05) is 50.4 Å². The van der Waals surface area contributed by atoms with Gasteiger partial charge in [-0.05, 0) is 48.8 Å². The lowest BCUT2D eigenvalue weighted by molar-refractivity contribution is 0.397. The Morgan fingerprint density at radius 2 is 1.79 bits per heavy atom. The van der Waals surface area contributed by atoms with E-state index in [2.05, 4.69) is 31.3 Å². The molecule has 0 radical (unpaired) electrons. The van der Waals surface area contributed by atoms with Crippen LogP contribution in [0, 0.1) is 5.92 Å². The summed E-state index contributed by atoms with van der Waals surface area (Å²) < 4.78 is 0. The summed E-state index contributed by atoms with van der Waals surface area (Å²) in [6.45, 7) is 5.73. The van der Waals surface area contributed by atoms with Crippen LogP contribution in [0.1, 0.15) is 57.4 Å². The van der Waals surface area contributed by atoms with Crippen LogP contribution in [0.2, 0.25) is 5.02 Å². The molecule has 0 aromatic heterocycles. The molecule has 2 heteroatoms. The van der Waals surface area contributed by atoms with Gasteiger partial charge in [0.05, 0.1) is 0 Å². The van der Waals surface area contributed by atoms with Crippen molar-refractivity contribution in [3.8, 4) is 0 Å². The Kier molecular flexibility index (Phi) is 5.72. The molecule has 1 nitrogen and oxygen atoms in total. The van der Waals surface area contributed by atoms with E-state index in [1.807, 2.05) is 12.1 Å². The lowest BCUT2D eigenvalue weighted by atomic mass is 9.86. The van der Waals surface area contributed by atoms with Crippen LogP contribution in [-0.2, 0) is 0 Å². The molecule has 1 aromatic carbocycles. The normalized spacial score (nSPS) is 16.8. The molecule has 0 saturated heterocycles. The van der Waals surface area contributed by atoms with Gasteiger partial charge in [0, 0.05) is 17.6 Å². The summed E-state index contributed by atoms with van der Waals surface area (Å²) in [5.41, 5.74) is 1.43. The van der Waals surface area contributed by atoms with Gasteiger partial charge in [0.15, 0.2) is 0 Å². The van der Waals surface area contributed by atoms with E-state index in [0.717, 1.165) is 23.5 Å². The lowest BCUT2D eigenvalue weighted by Crippen LogP contribution is -2.25. The molecule has 0 aliphatic heterocycles. The first-order valence-corrected chi connectivity index (χ1v) is 8.09. The molecule has 1 fully saturated rings. The topological polar surface area (TPSA) is 12.0 Å². The van der Waals surface area contributed by atoms with Gasteiger partial charge in [-0.25, -0.2) is 0 Å². The van der Waals surface area contributed by atoms with Crippen molar-refractivity contribution < 1.29 is 0 Å². The van der Waals surface area contributed by atoms with Crippen molar-refractivity contribution in [2.45, 2.75) is 57.9 Å². The summed E-state index contributed by atoms with van der Waals surface area (Å²) in [6, 6.07) is 9.23. The Labute approximate surface area is 122 Å². The molecule has 1 saturated carbocycles. The first-order valence-electron chi connectivity index (χ1n) is 7.71. The van der Waals surface area contributed by atoms with Crippen molar-refractivity contribution in [1.82, 2.24) is 5.32 Å². The van der Waals surface area contributed by atoms with Gasteiger partial charge < -0.3 is 5.32 Å². The maximum absolute atomic E-state index is 6.00. The Balaban J connectivity index is 2.00. The van der Waals surface area contributed by atoms with Crippen LogP contribution in [0.5, 0.6) is 0 Å². The molecule has 1 aliphatic rings. The molecule has 0 heterocycles. The minimum atomic E-state index is 0.628. The summed E-state index contributed by atoms with van der Waals surface area (Å²) in [5.74, 6) is 1.46. The Morgan fingerprint density at radius 1 is 1.16 bits per heavy atom. The molecule has 1 aromatic rings. The van der Waals surface area contributed by atoms with E-state index in [1.165, 1.54) is 37.7 Å². The SMILES string of the molecule is CCC(CC)CC(CNC1CC1)c1ccc(Cl)cc1. The highest BCUT2D eigenvalue weighted by atomic mass is 35.5. The predicted molar refractivity (Wildman–Crippen MR) is 83.9 cm³/mol. The molecule has 1 N–H and O–H groups in total. The average molecular weight is 280 g/mol. The lowest BCUT2D eigenvalue weighted by Gasteiger charge is -2.23. The van der Waals surface area contributed by atoms with Crippen molar-refractivity contribution in [1.29, 1.82) is 0 Å². The van der Waals surface area contributed by atoms with Crippen molar-refractivity contribution in [2.24, 2.45) is 5.92 Å². The summed E-state index contributed by atoms with van der Waals surface area (Å²) in [7, 11) is 0. The van der Waals surface area contributed by atoms with Gasteiger partial charge in [0.25, 0.3) is 0 Å². The molecule has 0 amide bonds. The zero-order chi connectivity index (χ0) is 13.7. The van der Waals surface area contributed by atoms with Crippen molar-refractivity contribution in [2.75, 3.05) is 6.54 Å². The van der Waals surface area contributed by atoms with E-state index < -0.39 is 0 Å². The van der Waals surface area contributed by atoms with Crippen LogP contribution in [0.25, 0.3) is 0 Å². The molecule has 1 unspecified atom stereocenters. The fourth-order valence-corrected chi connectivity index (χ4v) is 2.82. The number of benzene rings is 1. The highest BCUT2D eigenvalue weighted by Gasteiger charge is 2.23. The Morgan fingerprint density at radius 3 is 2.32 bits per heavy atom. The van der Waals surface area contributed by atoms with E-state index in [1.54, 1.807) is 0 Å². The third-order valence-corrected chi connectivity index (χ3v) is 4.60. The maximum Gasteiger partial charge on any atom is 0.0406 e. The van der Waals surface area contributed by atoms with Crippen LogP contribution in [-0.4, -0.2) is 12.6 Å². The smallest absolute Gasteiger partial charge is 0.0406 e. The fourth-order valence-electron chi connectivity index (χ4n) is 2.69. The van der Waals surface area contributed by atoms with Crippen LogP contribution in [0.4, 0.5) is 0 Å². The summed E-state index contributed by atoms with van der Waals surface area (Å²) in [4.78, 5) is 0. The van der Waals surface area contributed by atoms with Crippen LogP contribution < -0.4 is 5.32 Å². The van der Waals surface area contributed by atoms with Gasteiger partial charge in [-0.15, -0.1) is 0 Å². The molecule has 0 spiro atoms. The molecule has 0 bridgehead atoms. The van der Waals surface area contributed by atoms with Gasteiger partial charge in [-0.2, -0.15) is 0 Å². The summed E-state index contributed by atoms with van der Waals surface area (Å²) in [5, 5.41) is 4.52. The maximum atomic E-state index is 6.00. The van der Waals surface area contributed by atoms with Crippen molar-refractivity contribution in [3.05, 3.63) is 34.9 Å². The third kappa shape index (κ3) is 4.81. The Hall–Kier alpha value is -0.530. The first-order chi connectivity index (χ1) is 9.22. The second-order valence-electron chi connectivity index (χ2n) is 5.85. The second-order valence-corrected chi connectivity index (χ2v) is 6.29. The van der Waals surface area contributed by atoms with Gasteiger partial charge in [0.2, 0.25) is 0 Å². The van der Waals surface area contributed by atoms with E-state index in [9.17, 15) is 0 Å². The molecular formula is C17H26ClN. The minimum Gasteiger partial charge on any atom is -0.313 e. The van der Waals surface area contributed by atoms with E-state index in [0.29, 0.717) is 5.92 Å². The summed E-state index contributed by atoms with van der Waals surface area (Å²) >= 11 is 6.00.